The molecule has 0 fully saturated rings. The molecule has 0 aliphatic heterocycles. The van der Waals surface area contributed by atoms with E-state index in [1.165, 1.54) is 48.5 Å². The summed E-state index contributed by atoms with van der Waals surface area (Å²) < 4.78 is 65.0. The summed E-state index contributed by atoms with van der Waals surface area (Å²) in [4.78, 5) is 6.52. The fraction of sp³-hybridized carbons (Fsp3) is 0.118. The van der Waals surface area contributed by atoms with Crippen molar-refractivity contribution in [2.24, 2.45) is 5.73 Å². The van der Waals surface area contributed by atoms with Crippen molar-refractivity contribution in [1.29, 1.82) is 0 Å². The van der Waals surface area contributed by atoms with E-state index in [1.54, 1.807) is 0 Å². The molecular weight excluding hydrogens is 341 g/mol. The zero-order valence-corrected chi connectivity index (χ0v) is 12.6. The lowest BCUT2D eigenvalue weighted by molar-refractivity contribution is -0.150. The highest BCUT2D eigenvalue weighted by atomic mass is 19.4. The molecule has 3 aromatic rings. The Labute approximate surface area is 139 Å². The molecule has 3 rings (SSSR count). The number of aromatic amines is 1. The van der Waals surface area contributed by atoms with Gasteiger partial charge in [-0.05, 0) is 48.5 Å². The molecule has 1 unspecified atom stereocenters. The van der Waals surface area contributed by atoms with E-state index in [1.807, 2.05) is 0 Å². The quantitative estimate of drug-likeness (QED) is 0.677. The molecule has 2 aromatic carbocycles. The predicted molar refractivity (Wildman–Crippen MR) is 82.4 cm³/mol. The molecule has 0 saturated heterocycles. The van der Waals surface area contributed by atoms with Gasteiger partial charge in [0.2, 0.25) is 0 Å². The van der Waals surface area contributed by atoms with Gasteiger partial charge < -0.3 is 10.7 Å². The van der Waals surface area contributed by atoms with Crippen LogP contribution in [0.5, 0.6) is 0 Å². The van der Waals surface area contributed by atoms with E-state index < -0.39 is 29.7 Å². The van der Waals surface area contributed by atoms with Gasteiger partial charge in [-0.3, -0.25) is 0 Å². The molecule has 0 radical (unpaired) electrons. The fourth-order valence-electron chi connectivity index (χ4n) is 2.34. The summed E-state index contributed by atoms with van der Waals surface area (Å²) in [5, 5.41) is 0. The van der Waals surface area contributed by atoms with Gasteiger partial charge in [0.25, 0.3) is 0 Å². The van der Waals surface area contributed by atoms with Gasteiger partial charge in [-0.1, -0.05) is 0 Å². The molecule has 0 spiro atoms. The van der Waals surface area contributed by atoms with Crippen LogP contribution in [0.4, 0.5) is 22.0 Å². The van der Waals surface area contributed by atoms with Gasteiger partial charge in [0.05, 0.1) is 11.4 Å². The number of nitrogens with one attached hydrogen (secondary N) is 1. The number of benzene rings is 2. The monoisotopic (exact) mass is 353 g/mol. The van der Waals surface area contributed by atoms with E-state index in [4.69, 9.17) is 5.73 Å². The molecule has 1 heterocycles. The molecule has 0 aliphatic carbocycles. The minimum atomic E-state index is -4.68. The molecule has 1 aromatic heterocycles. The lowest BCUT2D eigenvalue weighted by Crippen LogP contribution is -2.29. The first-order chi connectivity index (χ1) is 11.8. The molecule has 1 atom stereocenters. The van der Waals surface area contributed by atoms with Gasteiger partial charge in [0, 0.05) is 11.1 Å². The summed E-state index contributed by atoms with van der Waals surface area (Å²) >= 11 is 0. The summed E-state index contributed by atoms with van der Waals surface area (Å²) in [5.74, 6) is -1.46. The second kappa shape index (κ2) is 6.29. The Hall–Kier alpha value is -2.74. The normalized spacial score (nSPS) is 13.0. The van der Waals surface area contributed by atoms with Crippen LogP contribution in [-0.2, 0) is 0 Å². The molecule has 0 bridgehead atoms. The first-order valence-corrected chi connectivity index (χ1v) is 7.20. The minimum Gasteiger partial charge on any atom is -0.340 e. The van der Waals surface area contributed by atoms with Gasteiger partial charge in [0.15, 0.2) is 6.04 Å². The average molecular weight is 353 g/mol. The van der Waals surface area contributed by atoms with Crippen LogP contribution in [0.15, 0.2) is 48.5 Å². The molecule has 25 heavy (non-hydrogen) atoms. The number of nitrogens with two attached hydrogens (primary N) is 1. The maximum absolute atomic E-state index is 13.1. The Bertz CT molecular complexity index is 804. The maximum Gasteiger partial charge on any atom is 0.410 e. The van der Waals surface area contributed by atoms with Crippen LogP contribution in [-0.4, -0.2) is 16.1 Å². The number of rotatable bonds is 3. The third kappa shape index (κ3) is 3.53. The molecule has 130 valence electrons. The number of imidazole rings is 1. The largest absolute Gasteiger partial charge is 0.410 e. The van der Waals surface area contributed by atoms with E-state index in [9.17, 15) is 22.0 Å². The predicted octanol–water partition coefficient (Wildman–Crippen LogP) is 4.58. The second-order valence-corrected chi connectivity index (χ2v) is 5.38. The third-order valence-electron chi connectivity index (χ3n) is 3.62. The fourth-order valence-corrected chi connectivity index (χ4v) is 2.34. The Morgan fingerprint density at radius 2 is 1.32 bits per heavy atom. The van der Waals surface area contributed by atoms with Crippen LogP contribution >= 0.6 is 0 Å². The van der Waals surface area contributed by atoms with Crippen molar-refractivity contribution in [1.82, 2.24) is 9.97 Å². The summed E-state index contributed by atoms with van der Waals surface area (Å²) in [6, 6.07) is 7.97. The highest BCUT2D eigenvalue weighted by Gasteiger charge is 2.40. The highest BCUT2D eigenvalue weighted by molar-refractivity contribution is 5.78. The Kier molecular flexibility index (Phi) is 4.30. The standard InChI is InChI=1S/C17H12F5N3/c18-11-5-1-9(2-6-11)13-14(10-3-7-12(19)8-4-10)25-16(24-13)15(23)17(20,21)22/h1-8,15H,23H2,(H,24,25). The van der Waals surface area contributed by atoms with E-state index in [0.717, 1.165) is 0 Å². The zero-order chi connectivity index (χ0) is 18.2. The average Bonchev–Trinajstić information content (AvgIpc) is 2.99. The van der Waals surface area contributed by atoms with Crippen molar-refractivity contribution in [3.63, 3.8) is 0 Å². The van der Waals surface area contributed by atoms with Crippen LogP contribution in [0.2, 0.25) is 0 Å². The number of H-pyrrole nitrogens is 1. The molecular formula is C17H12F5N3. The van der Waals surface area contributed by atoms with Crippen molar-refractivity contribution < 1.29 is 22.0 Å². The molecule has 3 nitrogen and oxygen atoms in total. The van der Waals surface area contributed by atoms with E-state index in [2.05, 4.69) is 9.97 Å². The topological polar surface area (TPSA) is 54.7 Å². The number of hydrogen-bond donors (Lipinski definition) is 2. The van der Waals surface area contributed by atoms with E-state index >= 15 is 0 Å². The van der Waals surface area contributed by atoms with Crippen molar-refractivity contribution in [2.75, 3.05) is 0 Å². The van der Waals surface area contributed by atoms with Gasteiger partial charge in [-0.15, -0.1) is 0 Å². The van der Waals surface area contributed by atoms with Gasteiger partial charge >= 0.3 is 6.18 Å². The maximum atomic E-state index is 13.1. The zero-order valence-electron chi connectivity index (χ0n) is 12.6. The summed E-state index contributed by atoms with van der Waals surface area (Å²) in [6.45, 7) is 0. The number of aromatic nitrogens is 2. The van der Waals surface area contributed by atoms with Gasteiger partial charge in [-0.25, -0.2) is 13.8 Å². The van der Waals surface area contributed by atoms with Crippen LogP contribution in [0.3, 0.4) is 0 Å². The minimum absolute atomic E-state index is 0.168. The van der Waals surface area contributed by atoms with Crippen LogP contribution in [0.1, 0.15) is 11.9 Å². The second-order valence-electron chi connectivity index (χ2n) is 5.38. The van der Waals surface area contributed by atoms with Gasteiger partial charge in [0.1, 0.15) is 17.5 Å². The third-order valence-corrected chi connectivity index (χ3v) is 3.62. The SMILES string of the molecule is NC(c1nc(-c2ccc(F)cc2)c(-c2ccc(F)cc2)[nH]1)C(F)(F)F. The molecule has 0 saturated carbocycles. The lowest BCUT2D eigenvalue weighted by atomic mass is 10.1. The Balaban J connectivity index is 2.15. The Morgan fingerprint density at radius 3 is 1.80 bits per heavy atom. The van der Waals surface area contributed by atoms with Crippen molar-refractivity contribution in [3.05, 3.63) is 66.0 Å². The molecule has 0 aliphatic rings. The van der Waals surface area contributed by atoms with Crippen LogP contribution < -0.4 is 5.73 Å². The number of hydrogen-bond acceptors (Lipinski definition) is 2. The lowest BCUT2D eigenvalue weighted by Gasteiger charge is -2.12. The number of halogens is 5. The van der Waals surface area contributed by atoms with Crippen LogP contribution in [0.25, 0.3) is 22.5 Å². The number of alkyl halides is 3. The highest BCUT2D eigenvalue weighted by Crippen LogP contribution is 2.35. The van der Waals surface area contributed by atoms with Gasteiger partial charge in [-0.2, -0.15) is 13.2 Å². The van der Waals surface area contributed by atoms with Crippen LogP contribution in [0, 0.1) is 11.6 Å². The summed E-state index contributed by atoms with van der Waals surface area (Å²) in [7, 11) is 0. The number of nitrogens with zero attached hydrogens (tertiary/aromatic N) is 1. The first kappa shape index (κ1) is 17.1. The van der Waals surface area contributed by atoms with E-state index in [-0.39, 0.29) is 11.4 Å². The molecule has 0 amide bonds. The van der Waals surface area contributed by atoms with Crippen molar-refractivity contribution in [2.45, 2.75) is 12.2 Å². The summed E-state index contributed by atoms with van der Waals surface area (Å²) in [5.41, 5.74) is 6.45. The summed E-state index contributed by atoms with van der Waals surface area (Å²) in [6.07, 6.45) is -4.68. The van der Waals surface area contributed by atoms with Crippen molar-refractivity contribution >= 4 is 0 Å². The molecule has 3 N–H and O–H groups in total. The van der Waals surface area contributed by atoms with Crippen molar-refractivity contribution in [3.8, 4) is 22.5 Å². The smallest absolute Gasteiger partial charge is 0.340 e. The molecule has 8 heteroatoms. The Morgan fingerprint density at radius 1 is 0.840 bits per heavy atom. The van der Waals surface area contributed by atoms with E-state index in [0.29, 0.717) is 11.1 Å². The first-order valence-electron chi connectivity index (χ1n) is 7.20.